The number of halogens is 1. The lowest BCUT2D eigenvalue weighted by Crippen LogP contribution is -2.48. The van der Waals surface area contributed by atoms with Gasteiger partial charge in [0.1, 0.15) is 11.3 Å². The summed E-state index contributed by atoms with van der Waals surface area (Å²) < 4.78 is 30.6. The first kappa shape index (κ1) is 38.5. The number of alkyl halides is 1. The molecule has 2 saturated carbocycles. The molecule has 3 atom stereocenters. The van der Waals surface area contributed by atoms with Crippen molar-refractivity contribution in [3.63, 3.8) is 0 Å². The fraction of sp³-hybridized carbons (Fsp3) is 0.714. The number of nitrogens with zero attached hydrogens (tertiary/aromatic N) is 1. The van der Waals surface area contributed by atoms with Gasteiger partial charge in [0.25, 0.3) is 0 Å². The lowest BCUT2D eigenvalue weighted by Gasteiger charge is -2.37. The summed E-state index contributed by atoms with van der Waals surface area (Å²) in [5, 5.41) is 0.849. The summed E-state index contributed by atoms with van der Waals surface area (Å²) >= 11 is 0. The molecule has 52 heavy (non-hydrogen) atoms. The summed E-state index contributed by atoms with van der Waals surface area (Å²) in [5.74, 6) is -0.266. The van der Waals surface area contributed by atoms with Crippen molar-refractivity contribution in [1.29, 1.82) is 0 Å². The maximum Gasteiger partial charge on any atom is 0.354 e. The average molecular weight is 723 g/mol. The number of hydrogen-bond donors (Lipinski definition) is 1. The maximum absolute atomic E-state index is 14.4. The monoisotopic (exact) mass is 722 g/mol. The van der Waals surface area contributed by atoms with Crippen LogP contribution in [-0.2, 0) is 35.0 Å². The molecule has 6 rings (SSSR count). The maximum atomic E-state index is 14.4. The third kappa shape index (κ3) is 9.63. The van der Waals surface area contributed by atoms with Gasteiger partial charge in [-0.25, -0.2) is 4.79 Å². The zero-order chi connectivity index (χ0) is 36.8. The van der Waals surface area contributed by atoms with E-state index in [1.165, 1.54) is 19.3 Å². The second kappa shape index (κ2) is 17.3. The van der Waals surface area contributed by atoms with E-state index >= 15 is 0 Å². The fourth-order valence-corrected chi connectivity index (χ4v) is 9.44. The molecule has 9 nitrogen and oxygen atoms in total. The van der Waals surface area contributed by atoms with E-state index in [1.807, 2.05) is 43.9 Å². The predicted molar refractivity (Wildman–Crippen MR) is 196 cm³/mol. The van der Waals surface area contributed by atoms with Gasteiger partial charge >= 0.3 is 11.9 Å². The molecular formula is C42H59FN2O7. The Kier molecular flexibility index (Phi) is 12.8. The number of esters is 2. The van der Waals surface area contributed by atoms with Crippen molar-refractivity contribution >= 4 is 34.5 Å². The second-order valence-corrected chi connectivity index (χ2v) is 17.0. The average Bonchev–Trinajstić information content (AvgIpc) is 3.78. The molecule has 0 radical (unpaired) electrons. The number of carbonyl (C=O) groups excluding carboxylic acids is 4. The molecule has 0 spiro atoms. The molecule has 2 aliphatic heterocycles. The van der Waals surface area contributed by atoms with Crippen LogP contribution >= 0.6 is 0 Å². The molecule has 2 aliphatic carbocycles. The van der Waals surface area contributed by atoms with Crippen LogP contribution in [0.4, 0.5) is 4.39 Å². The van der Waals surface area contributed by atoms with E-state index in [9.17, 15) is 23.6 Å². The number of ether oxygens (including phenoxy) is 3. The minimum Gasteiger partial charge on any atom is -0.461 e. The number of amides is 1. The summed E-state index contributed by atoms with van der Waals surface area (Å²) in [6, 6.07) is 7.16. The lowest BCUT2D eigenvalue weighted by atomic mass is 9.74. The van der Waals surface area contributed by atoms with Gasteiger partial charge in [-0.3, -0.25) is 18.8 Å². The number of aromatic amines is 1. The molecule has 2 saturated heterocycles. The number of nitrogens with one attached hydrogen (secondary N) is 1. The van der Waals surface area contributed by atoms with Crippen LogP contribution in [0.15, 0.2) is 24.3 Å². The number of aromatic nitrogens is 1. The first-order valence-corrected chi connectivity index (χ1v) is 20.0. The number of likely N-dealkylation sites (tertiary alicyclic amines) is 1. The molecule has 0 bridgehead atoms. The number of Topliss-reactive ketones (excluding diaryl/α,β-unsaturated/α-hetero) is 1. The Labute approximate surface area is 308 Å². The van der Waals surface area contributed by atoms with Gasteiger partial charge in [0.15, 0.2) is 5.78 Å². The quantitative estimate of drug-likeness (QED) is 0.223. The third-order valence-electron chi connectivity index (χ3n) is 12.2. The highest BCUT2D eigenvalue weighted by molar-refractivity contribution is 5.96. The first-order chi connectivity index (χ1) is 25.0. The van der Waals surface area contributed by atoms with Gasteiger partial charge in [0.05, 0.1) is 25.7 Å². The Morgan fingerprint density at radius 2 is 1.67 bits per heavy atom. The van der Waals surface area contributed by atoms with Crippen molar-refractivity contribution in [2.75, 3.05) is 33.0 Å². The van der Waals surface area contributed by atoms with Crippen LogP contribution in [0.3, 0.4) is 0 Å². The summed E-state index contributed by atoms with van der Waals surface area (Å²) in [4.78, 5) is 59.0. The smallest absolute Gasteiger partial charge is 0.354 e. The fourth-order valence-electron chi connectivity index (χ4n) is 9.44. The summed E-state index contributed by atoms with van der Waals surface area (Å²) in [5.41, 5.74) is 1.46. The number of rotatable bonds is 12. The van der Waals surface area contributed by atoms with E-state index in [4.69, 9.17) is 14.2 Å². The van der Waals surface area contributed by atoms with Crippen molar-refractivity contribution in [3.05, 3.63) is 35.5 Å². The van der Waals surface area contributed by atoms with Crippen LogP contribution in [0.5, 0.6) is 0 Å². The van der Waals surface area contributed by atoms with E-state index in [-0.39, 0.29) is 54.2 Å². The number of H-pyrrole nitrogens is 1. The van der Waals surface area contributed by atoms with Gasteiger partial charge in [-0.15, -0.1) is 0 Å². The van der Waals surface area contributed by atoms with Gasteiger partial charge in [0, 0.05) is 48.9 Å². The molecule has 286 valence electrons. The van der Waals surface area contributed by atoms with E-state index in [2.05, 4.69) is 4.98 Å². The van der Waals surface area contributed by atoms with Crippen molar-refractivity contribution in [1.82, 2.24) is 9.88 Å². The van der Waals surface area contributed by atoms with Crippen LogP contribution in [0, 0.1) is 35.5 Å². The van der Waals surface area contributed by atoms with E-state index in [1.54, 1.807) is 6.07 Å². The van der Waals surface area contributed by atoms with Crippen molar-refractivity contribution in [3.8, 4) is 0 Å². The Morgan fingerprint density at radius 1 is 0.942 bits per heavy atom. The highest BCUT2D eigenvalue weighted by Crippen LogP contribution is 2.42. The number of carbonyl (C=O) groups is 4. The van der Waals surface area contributed by atoms with Crippen molar-refractivity contribution in [2.24, 2.45) is 35.5 Å². The normalized spacial score (nSPS) is 25.6. The summed E-state index contributed by atoms with van der Waals surface area (Å²) in [7, 11) is 0. The molecule has 1 N–H and O–H groups in total. The molecule has 4 fully saturated rings. The highest BCUT2D eigenvalue weighted by atomic mass is 19.1. The van der Waals surface area contributed by atoms with Crippen molar-refractivity contribution in [2.45, 2.75) is 122 Å². The van der Waals surface area contributed by atoms with E-state index < -0.39 is 24.2 Å². The molecule has 3 heterocycles. The number of benzene rings is 1. The zero-order valence-electron chi connectivity index (χ0n) is 31.5. The van der Waals surface area contributed by atoms with Crippen LogP contribution in [0.25, 0.3) is 10.9 Å². The van der Waals surface area contributed by atoms with Crippen LogP contribution in [0.1, 0.15) is 120 Å². The molecule has 4 aliphatic rings. The molecule has 0 unspecified atom stereocenters. The van der Waals surface area contributed by atoms with Crippen LogP contribution in [-0.4, -0.2) is 78.2 Å². The third-order valence-corrected chi connectivity index (χ3v) is 12.2. The molecule has 2 aromatic rings. The van der Waals surface area contributed by atoms with Crippen LogP contribution in [0.2, 0.25) is 0 Å². The van der Waals surface area contributed by atoms with Gasteiger partial charge in [0.2, 0.25) is 5.91 Å². The first-order valence-electron chi connectivity index (χ1n) is 20.0. The Morgan fingerprint density at radius 3 is 2.37 bits per heavy atom. The summed E-state index contributed by atoms with van der Waals surface area (Å²) in [6.07, 6.45) is 11.3. The van der Waals surface area contributed by atoms with Gasteiger partial charge in [-0.2, -0.15) is 0 Å². The minimum atomic E-state index is -0.611. The number of fused-ring (bicyclic) bond motifs is 1. The second-order valence-electron chi connectivity index (χ2n) is 17.0. The van der Waals surface area contributed by atoms with Gasteiger partial charge < -0.3 is 24.1 Å². The number of hydrogen-bond acceptors (Lipinski definition) is 7. The molecule has 10 heteroatoms. The van der Waals surface area contributed by atoms with Crippen LogP contribution < -0.4 is 0 Å². The summed E-state index contributed by atoms with van der Waals surface area (Å²) in [6.45, 7) is 7.23. The van der Waals surface area contributed by atoms with E-state index in [0.717, 1.165) is 48.6 Å². The highest BCUT2D eigenvalue weighted by Gasteiger charge is 2.46. The standard InChI is InChI=1S/C42H59FN2O7/c1-42(2,3)52-38(47)24-33(25-43)29-10-12-31(13-11-29)40(48)45-18-15-34(30-7-5-4-6-8-30)39(45)37(46)22-28-9-14-35-32(21-28)23-36(44-35)41(49)51-26-27-16-19-50-20-17-27/h9,14,21,23,27,29-31,33-34,39,44H,4-8,10-13,15-20,22,24-26H2,1-3H3/t29?,31?,33-,34+,39+/m1/s1. The minimum absolute atomic E-state index is 0.0327. The molecule has 1 aromatic carbocycles. The number of ketones is 1. The Hall–Kier alpha value is -3.27. The van der Waals surface area contributed by atoms with Crippen molar-refractivity contribution < 1.29 is 37.8 Å². The molecular weight excluding hydrogens is 663 g/mol. The Bertz CT molecular complexity index is 1540. The van der Waals surface area contributed by atoms with Gasteiger partial charge in [-0.05, 0) is 113 Å². The van der Waals surface area contributed by atoms with Gasteiger partial charge in [-0.1, -0.05) is 38.2 Å². The zero-order valence-corrected chi connectivity index (χ0v) is 31.5. The molecule has 1 amide bonds. The topological polar surface area (TPSA) is 115 Å². The molecule has 1 aromatic heterocycles. The Balaban J connectivity index is 1.10. The lowest BCUT2D eigenvalue weighted by molar-refractivity contribution is -0.157. The largest absolute Gasteiger partial charge is 0.461 e. The van der Waals surface area contributed by atoms with E-state index in [0.29, 0.717) is 69.6 Å². The predicted octanol–water partition coefficient (Wildman–Crippen LogP) is 7.78. The SMILES string of the molecule is CC(C)(C)OC(=O)C[C@H](CF)C1CCC(C(=O)N2CC[C@@H](C3CCCCC3)[C@H]2C(=O)Cc2ccc3[nH]c(C(=O)OCC4CCOCC4)cc3c2)CC1.